The Balaban J connectivity index is 1.95. The lowest BCUT2D eigenvalue weighted by Crippen LogP contribution is -2.51. The highest BCUT2D eigenvalue weighted by Crippen LogP contribution is 2.41. The third-order valence-corrected chi connectivity index (χ3v) is 4.64. The molecular formula is C18H20N2O2. The van der Waals surface area contributed by atoms with Crippen molar-refractivity contribution in [1.29, 1.82) is 0 Å². The van der Waals surface area contributed by atoms with Crippen molar-refractivity contribution in [3.8, 4) is 11.1 Å². The van der Waals surface area contributed by atoms with Crippen LogP contribution in [0, 0.1) is 0 Å². The number of cyclic esters (lactones) is 1. The highest BCUT2D eigenvalue weighted by molar-refractivity contribution is 5.91. The van der Waals surface area contributed by atoms with Crippen molar-refractivity contribution in [3.05, 3.63) is 48.7 Å². The number of benzene rings is 1. The molecule has 0 atom stereocenters. The molecular weight excluding hydrogens is 276 g/mol. The van der Waals surface area contributed by atoms with Crippen molar-refractivity contribution >= 4 is 11.9 Å². The minimum Gasteiger partial charge on any atom is -0.441 e. The monoisotopic (exact) mass is 296 g/mol. The number of ether oxygens (including phenoxy) is 1. The van der Waals surface area contributed by atoms with Gasteiger partial charge in [0, 0.05) is 11.8 Å². The van der Waals surface area contributed by atoms with Crippen LogP contribution in [0.4, 0.5) is 10.6 Å². The Hall–Kier alpha value is -2.36. The lowest BCUT2D eigenvalue weighted by atomic mass is 9.85. The molecule has 0 radical (unpaired) electrons. The highest BCUT2D eigenvalue weighted by Gasteiger charge is 2.55. The molecule has 1 aliphatic rings. The third kappa shape index (κ3) is 2.15. The summed E-state index contributed by atoms with van der Waals surface area (Å²) in [7, 11) is 0. The molecule has 4 heteroatoms. The molecule has 1 aromatic heterocycles. The molecule has 0 saturated carbocycles. The molecule has 0 spiro atoms. The van der Waals surface area contributed by atoms with E-state index in [1.165, 1.54) is 0 Å². The Morgan fingerprint density at radius 3 is 2.14 bits per heavy atom. The summed E-state index contributed by atoms with van der Waals surface area (Å²) in [4.78, 5) is 18.3. The van der Waals surface area contributed by atoms with E-state index in [0.717, 1.165) is 11.1 Å². The summed E-state index contributed by atoms with van der Waals surface area (Å²) in [5.41, 5.74) is 1.09. The normalized spacial score (nSPS) is 19.1. The summed E-state index contributed by atoms with van der Waals surface area (Å²) in [6, 6.07) is 13.9. The van der Waals surface area contributed by atoms with E-state index < -0.39 is 11.1 Å². The van der Waals surface area contributed by atoms with E-state index in [9.17, 15) is 4.79 Å². The number of hydrogen-bond donors (Lipinski definition) is 0. The van der Waals surface area contributed by atoms with E-state index in [-0.39, 0.29) is 6.09 Å². The first-order valence-corrected chi connectivity index (χ1v) is 7.38. The predicted molar refractivity (Wildman–Crippen MR) is 86.8 cm³/mol. The molecule has 3 rings (SSSR count). The average Bonchev–Trinajstić information content (AvgIpc) is 2.64. The maximum absolute atomic E-state index is 12.2. The maximum Gasteiger partial charge on any atom is 0.416 e. The first kappa shape index (κ1) is 14.6. The van der Waals surface area contributed by atoms with E-state index in [2.05, 4.69) is 4.98 Å². The van der Waals surface area contributed by atoms with Crippen LogP contribution in [0.25, 0.3) is 11.1 Å². The Morgan fingerprint density at radius 2 is 1.64 bits per heavy atom. The van der Waals surface area contributed by atoms with Crippen LogP contribution >= 0.6 is 0 Å². The molecule has 22 heavy (non-hydrogen) atoms. The summed E-state index contributed by atoms with van der Waals surface area (Å²) in [5, 5.41) is 0. The van der Waals surface area contributed by atoms with Gasteiger partial charge in [0.15, 0.2) is 0 Å². The fraction of sp³-hybridized carbons (Fsp3) is 0.333. The van der Waals surface area contributed by atoms with Crippen molar-refractivity contribution in [1.82, 2.24) is 4.98 Å². The number of amides is 1. The molecule has 0 unspecified atom stereocenters. The van der Waals surface area contributed by atoms with E-state index in [1.54, 1.807) is 11.1 Å². The zero-order valence-corrected chi connectivity index (χ0v) is 13.3. The van der Waals surface area contributed by atoms with Gasteiger partial charge < -0.3 is 4.74 Å². The second-order valence-electron chi connectivity index (χ2n) is 6.54. The second-order valence-corrected chi connectivity index (χ2v) is 6.54. The topological polar surface area (TPSA) is 42.4 Å². The van der Waals surface area contributed by atoms with Gasteiger partial charge in [-0.25, -0.2) is 9.78 Å². The molecule has 4 nitrogen and oxygen atoms in total. The summed E-state index contributed by atoms with van der Waals surface area (Å²) < 4.78 is 5.49. The van der Waals surface area contributed by atoms with Gasteiger partial charge in [-0.1, -0.05) is 30.3 Å². The molecule has 2 heterocycles. The van der Waals surface area contributed by atoms with E-state index in [4.69, 9.17) is 4.74 Å². The van der Waals surface area contributed by atoms with Crippen molar-refractivity contribution in [3.63, 3.8) is 0 Å². The maximum atomic E-state index is 12.2. The Kier molecular flexibility index (Phi) is 3.20. The number of anilines is 1. The van der Waals surface area contributed by atoms with Crippen molar-refractivity contribution in [2.75, 3.05) is 4.90 Å². The van der Waals surface area contributed by atoms with Gasteiger partial charge in [-0.2, -0.15) is 0 Å². The highest BCUT2D eigenvalue weighted by atomic mass is 16.6. The summed E-state index contributed by atoms with van der Waals surface area (Å²) in [5.74, 6) is 0.611. The van der Waals surface area contributed by atoms with E-state index in [1.807, 2.05) is 70.2 Å². The number of carbonyl (C=O) groups excluding carboxylic acids is 1. The Bertz CT molecular complexity index is 691. The molecule has 0 bridgehead atoms. The lowest BCUT2D eigenvalue weighted by molar-refractivity contribution is 0.0458. The minimum absolute atomic E-state index is 0.352. The van der Waals surface area contributed by atoms with Crippen LogP contribution in [0.5, 0.6) is 0 Å². The van der Waals surface area contributed by atoms with Gasteiger partial charge in [-0.15, -0.1) is 0 Å². The number of rotatable bonds is 2. The SMILES string of the molecule is CC1(C)OC(=O)N(c2ccc(-c3ccccc3)cn2)C1(C)C. The van der Waals surface area contributed by atoms with Crippen molar-refractivity contribution in [2.24, 2.45) is 0 Å². The smallest absolute Gasteiger partial charge is 0.416 e. The van der Waals surface area contributed by atoms with Crippen LogP contribution < -0.4 is 4.90 Å². The van der Waals surface area contributed by atoms with Gasteiger partial charge in [0.2, 0.25) is 0 Å². The molecule has 114 valence electrons. The Labute approximate surface area is 130 Å². The van der Waals surface area contributed by atoms with Gasteiger partial charge in [-0.3, -0.25) is 4.90 Å². The minimum atomic E-state index is -0.566. The van der Waals surface area contributed by atoms with Gasteiger partial charge in [0.05, 0.1) is 5.54 Å². The summed E-state index contributed by atoms with van der Waals surface area (Å²) >= 11 is 0. The zero-order chi connectivity index (χ0) is 16.0. The number of aromatic nitrogens is 1. The summed E-state index contributed by atoms with van der Waals surface area (Å²) in [6.07, 6.45) is 1.44. The van der Waals surface area contributed by atoms with Crippen LogP contribution in [0.2, 0.25) is 0 Å². The van der Waals surface area contributed by atoms with Crippen LogP contribution in [0.15, 0.2) is 48.7 Å². The number of nitrogens with zero attached hydrogens (tertiary/aromatic N) is 2. The predicted octanol–water partition coefficient (Wildman–Crippen LogP) is 4.26. The quantitative estimate of drug-likeness (QED) is 0.831. The number of carbonyl (C=O) groups is 1. The third-order valence-electron chi connectivity index (χ3n) is 4.64. The molecule has 2 aromatic rings. The lowest BCUT2D eigenvalue weighted by Gasteiger charge is -2.36. The van der Waals surface area contributed by atoms with Crippen LogP contribution in [-0.4, -0.2) is 22.2 Å². The second kappa shape index (κ2) is 4.83. The van der Waals surface area contributed by atoms with E-state index in [0.29, 0.717) is 5.82 Å². The zero-order valence-electron chi connectivity index (χ0n) is 13.3. The van der Waals surface area contributed by atoms with Gasteiger partial charge in [0.25, 0.3) is 0 Å². The van der Waals surface area contributed by atoms with Crippen LogP contribution in [-0.2, 0) is 4.74 Å². The van der Waals surface area contributed by atoms with Crippen LogP contribution in [0.1, 0.15) is 27.7 Å². The fourth-order valence-corrected chi connectivity index (χ4v) is 2.59. The van der Waals surface area contributed by atoms with Gasteiger partial charge in [-0.05, 0) is 45.4 Å². The largest absolute Gasteiger partial charge is 0.441 e. The molecule has 1 aromatic carbocycles. The number of hydrogen-bond acceptors (Lipinski definition) is 3. The van der Waals surface area contributed by atoms with Crippen LogP contribution in [0.3, 0.4) is 0 Å². The first-order chi connectivity index (χ1) is 10.3. The average molecular weight is 296 g/mol. The number of pyridine rings is 1. The van der Waals surface area contributed by atoms with Crippen molar-refractivity contribution in [2.45, 2.75) is 38.8 Å². The molecule has 1 fully saturated rings. The standard InChI is InChI=1S/C18H20N2O2/c1-17(2)18(3,4)22-16(21)20(17)15-11-10-14(12-19-15)13-8-6-5-7-9-13/h5-12H,1-4H3. The van der Waals surface area contributed by atoms with Crippen molar-refractivity contribution < 1.29 is 9.53 Å². The fourth-order valence-electron chi connectivity index (χ4n) is 2.59. The molecule has 0 aliphatic carbocycles. The Morgan fingerprint density at radius 1 is 0.955 bits per heavy atom. The van der Waals surface area contributed by atoms with Gasteiger partial charge >= 0.3 is 6.09 Å². The summed E-state index contributed by atoms with van der Waals surface area (Å²) in [6.45, 7) is 7.82. The molecule has 1 saturated heterocycles. The van der Waals surface area contributed by atoms with Gasteiger partial charge in [0.1, 0.15) is 11.4 Å². The first-order valence-electron chi connectivity index (χ1n) is 7.38. The molecule has 1 amide bonds. The molecule has 1 aliphatic heterocycles. The van der Waals surface area contributed by atoms with E-state index >= 15 is 0 Å². The molecule has 0 N–H and O–H groups in total.